The number of carbonyl (C=O) groups is 1. The molecule has 0 atom stereocenters. The third-order valence-electron chi connectivity index (χ3n) is 4.13. The smallest absolute Gasteiger partial charge is 0.262 e. The Bertz CT molecular complexity index is 748. The van der Waals surface area contributed by atoms with Gasteiger partial charge in [-0.2, -0.15) is 0 Å². The summed E-state index contributed by atoms with van der Waals surface area (Å²) in [4.78, 5) is 14.5. The van der Waals surface area contributed by atoms with Crippen LogP contribution in [0, 0.1) is 5.82 Å². The van der Waals surface area contributed by atoms with Crippen molar-refractivity contribution >= 4 is 28.9 Å². The molecule has 0 unspecified atom stereocenters. The maximum atomic E-state index is 13.0. The first kappa shape index (κ1) is 17.5. The third kappa shape index (κ3) is 4.63. The van der Waals surface area contributed by atoms with Gasteiger partial charge in [-0.1, -0.05) is 23.7 Å². The number of anilines is 2. The summed E-state index contributed by atoms with van der Waals surface area (Å²) >= 11 is 5.90. The monoisotopic (exact) mass is 362 g/mol. The van der Waals surface area contributed by atoms with E-state index in [1.807, 2.05) is 24.3 Å². The van der Waals surface area contributed by atoms with Crippen molar-refractivity contribution in [3.8, 4) is 5.75 Å². The van der Waals surface area contributed by atoms with E-state index < -0.39 is 5.82 Å². The molecule has 3 rings (SSSR count). The number of hydrogen-bond acceptors (Lipinski definition) is 3. The van der Waals surface area contributed by atoms with Crippen molar-refractivity contribution in [2.45, 2.75) is 19.3 Å². The van der Waals surface area contributed by atoms with Crippen LogP contribution in [0.15, 0.2) is 42.5 Å². The Labute approximate surface area is 151 Å². The van der Waals surface area contributed by atoms with Gasteiger partial charge in [0.15, 0.2) is 6.61 Å². The van der Waals surface area contributed by atoms with E-state index in [0.29, 0.717) is 0 Å². The summed E-state index contributed by atoms with van der Waals surface area (Å²) in [5.74, 6) is -0.454. The Kier molecular flexibility index (Phi) is 5.76. The van der Waals surface area contributed by atoms with Crippen molar-refractivity contribution < 1.29 is 13.9 Å². The Balaban J connectivity index is 1.63. The molecule has 1 aliphatic heterocycles. The molecule has 1 aliphatic rings. The summed E-state index contributed by atoms with van der Waals surface area (Å²) < 4.78 is 18.4. The molecule has 6 heteroatoms. The highest BCUT2D eigenvalue weighted by molar-refractivity contribution is 6.32. The lowest BCUT2D eigenvalue weighted by Gasteiger charge is -2.30. The molecular formula is C19H20ClFN2O2. The number of nitrogens with zero attached hydrogens (tertiary/aromatic N) is 1. The first-order valence-corrected chi connectivity index (χ1v) is 8.73. The van der Waals surface area contributed by atoms with Gasteiger partial charge in [-0.05, 0) is 49.6 Å². The van der Waals surface area contributed by atoms with E-state index >= 15 is 0 Å². The van der Waals surface area contributed by atoms with Crippen LogP contribution in [-0.2, 0) is 4.79 Å². The fourth-order valence-corrected chi connectivity index (χ4v) is 3.13. The Hall–Kier alpha value is -2.27. The van der Waals surface area contributed by atoms with E-state index in [1.165, 1.54) is 18.6 Å². The van der Waals surface area contributed by atoms with E-state index in [1.54, 1.807) is 0 Å². The predicted molar refractivity (Wildman–Crippen MR) is 98.0 cm³/mol. The summed E-state index contributed by atoms with van der Waals surface area (Å²) in [5.41, 5.74) is 1.79. The van der Waals surface area contributed by atoms with Gasteiger partial charge in [0, 0.05) is 13.1 Å². The summed E-state index contributed by atoms with van der Waals surface area (Å²) in [6.07, 6.45) is 3.57. The highest BCUT2D eigenvalue weighted by atomic mass is 35.5. The molecule has 1 fully saturated rings. The van der Waals surface area contributed by atoms with Crippen molar-refractivity contribution in [3.63, 3.8) is 0 Å². The number of para-hydroxylation sites is 2. The van der Waals surface area contributed by atoms with E-state index in [-0.39, 0.29) is 23.3 Å². The second-order valence-electron chi connectivity index (χ2n) is 5.98. The normalized spacial score (nSPS) is 14.2. The van der Waals surface area contributed by atoms with Crippen LogP contribution in [0.4, 0.5) is 15.8 Å². The molecule has 132 valence electrons. The van der Waals surface area contributed by atoms with Gasteiger partial charge in [-0.25, -0.2) is 4.39 Å². The topological polar surface area (TPSA) is 41.6 Å². The SMILES string of the molecule is O=C(COc1ccc(F)cc1Cl)Nc1ccccc1N1CCCCC1. The predicted octanol–water partition coefficient (Wildman–Crippen LogP) is 4.49. The first-order chi connectivity index (χ1) is 12.1. The third-order valence-corrected chi connectivity index (χ3v) is 4.42. The highest BCUT2D eigenvalue weighted by Crippen LogP contribution is 2.28. The Morgan fingerprint density at radius 3 is 2.68 bits per heavy atom. The van der Waals surface area contributed by atoms with Gasteiger partial charge in [0.25, 0.3) is 5.91 Å². The number of rotatable bonds is 5. The van der Waals surface area contributed by atoms with Crippen LogP contribution in [0.1, 0.15) is 19.3 Å². The quantitative estimate of drug-likeness (QED) is 0.852. The zero-order valence-electron chi connectivity index (χ0n) is 13.8. The maximum absolute atomic E-state index is 13.0. The van der Waals surface area contributed by atoms with Gasteiger partial charge in [-0.3, -0.25) is 4.79 Å². The minimum absolute atomic E-state index is 0.140. The van der Waals surface area contributed by atoms with Crippen molar-refractivity contribution in [1.29, 1.82) is 0 Å². The van der Waals surface area contributed by atoms with Crippen LogP contribution in [0.25, 0.3) is 0 Å². The fourth-order valence-electron chi connectivity index (χ4n) is 2.91. The zero-order chi connectivity index (χ0) is 17.6. The van der Waals surface area contributed by atoms with Crippen molar-refractivity contribution in [3.05, 3.63) is 53.3 Å². The van der Waals surface area contributed by atoms with Crippen molar-refractivity contribution in [2.24, 2.45) is 0 Å². The highest BCUT2D eigenvalue weighted by Gasteiger charge is 2.15. The molecule has 25 heavy (non-hydrogen) atoms. The summed E-state index contributed by atoms with van der Waals surface area (Å²) in [5, 5.41) is 3.03. The number of halogens is 2. The molecule has 2 aromatic carbocycles. The van der Waals surface area contributed by atoms with E-state index in [0.717, 1.165) is 43.4 Å². The minimum atomic E-state index is -0.447. The largest absolute Gasteiger partial charge is 0.482 e. The number of carbonyl (C=O) groups excluding carboxylic acids is 1. The summed E-state index contributed by atoms with van der Waals surface area (Å²) in [6, 6.07) is 11.6. The van der Waals surface area contributed by atoms with Gasteiger partial charge in [0.2, 0.25) is 0 Å². The molecule has 0 aliphatic carbocycles. The number of amides is 1. The molecule has 0 bridgehead atoms. The zero-order valence-corrected chi connectivity index (χ0v) is 14.6. The molecule has 1 saturated heterocycles. The lowest BCUT2D eigenvalue weighted by molar-refractivity contribution is -0.118. The number of ether oxygens (including phenoxy) is 1. The molecule has 1 amide bonds. The standard InChI is InChI=1S/C19H20ClFN2O2/c20-15-12-14(21)8-9-18(15)25-13-19(24)22-16-6-2-3-7-17(16)23-10-4-1-5-11-23/h2-3,6-9,12H,1,4-5,10-11,13H2,(H,22,24). The average molecular weight is 363 g/mol. The Morgan fingerprint density at radius 1 is 1.16 bits per heavy atom. The van der Waals surface area contributed by atoms with Gasteiger partial charge in [0.05, 0.1) is 16.4 Å². The first-order valence-electron chi connectivity index (χ1n) is 8.35. The van der Waals surface area contributed by atoms with Crippen LogP contribution in [-0.4, -0.2) is 25.6 Å². The van der Waals surface area contributed by atoms with E-state index in [9.17, 15) is 9.18 Å². The number of piperidine rings is 1. The fraction of sp³-hybridized carbons (Fsp3) is 0.316. The van der Waals surface area contributed by atoms with Crippen LogP contribution in [0.5, 0.6) is 5.75 Å². The molecule has 0 saturated carbocycles. The van der Waals surface area contributed by atoms with Crippen molar-refractivity contribution in [2.75, 3.05) is 29.9 Å². The van der Waals surface area contributed by atoms with Crippen LogP contribution >= 0.6 is 11.6 Å². The summed E-state index contributed by atoms with van der Waals surface area (Å²) in [6.45, 7) is 1.79. The molecule has 0 radical (unpaired) electrons. The van der Waals surface area contributed by atoms with Gasteiger partial charge >= 0.3 is 0 Å². The number of nitrogens with one attached hydrogen (secondary N) is 1. The molecule has 2 aromatic rings. The average Bonchev–Trinajstić information content (AvgIpc) is 2.62. The van der Waals surface area contributed by atoms with Gasteiger partial charge in [0.1, 0.15) is 11.6 Å². The van der Waals surface area contributed by atoms with Crippen molar-refractivity contribution in [1.82, 2.24) is 0 Å². The molecule has 0 aromatic heterocycles. The second kappa shape index (κ2) is 8.21. The minimum Gasteiger partial charge on any atom is -0.482 e. The molecule has 1 N–H and O–H groups in total. The molecular weight excluding hydrogens is 343 g/mol. The maximum Gasteiger partial charge on any atom is 0.262 e. The number of hydrogen-bond donors (Lipinski definition) is 1. The molecule has 1 heterocycles. The summed E-state index contributed by atoms with van der Waals surface area (Å²) in [7, 11) is 0. The molecule has 4 nitrogen and oxygen atoms in total. The van der Waals surface area contributed by atoms with E-state index in [4.69, 9.17) is 16.3 Å². The number of benzene rings is 2. The van der Waals surface area contributed by atoms with Crippen LogP contribution in [0.2, 0.25) is 5.02 Å². The molecule has 0 spiro atoms. The van der Waals surface area contributed by atoms with Gasteiger partial charge in [-0.15, -0.1) is 0 Å². The van der Waals surface area contributed by atoms with Crippen LogP contribution in [0.3, 0.4) is 0 Å². The van der Waals surface area contributed by atoms with Crippen LogP contribution < -0.4 is 15.0 Å². The Morgan fingerprint density at radius 2 is 1.92 bits per heavy atom. The lowest BCUT2D eigenvalue weighted by atomic mass is 10.1. The van der Waals surface area contributed by atoms with Gasteiger partial charge < -0.3 is 15.0 Å². The lowest BCUT2D eigenvalue weighted by Crippen LogP contribution is -2.30. The second-order valence-corrected chi connectivity index (χ2v) is 6.38. The van der Waals surface area contributed by atoms with E-state index in [2.05, 4.69) is 10.2 Å².